The molecule has 0 heterocycles. The predicted octanol–water partition coefficient (Wildman–Crippen LogP) is 3.93. The van der Waals surface area contributed by atoms with Crippen LogP contribution in [0.4, 0.5) is 0 Å². The largest absolute Gasteiger partial charge is 0.300 e. The third-order valence-corrected chi connectivity index (χ3v) is 3.09. The van der Waals surface area contributed by atoms with Gasteiger partial charge in [0.15, 0.2) is 0 Å². The summed E-state index contributed by atoms with van der Waals surface area (Å²) in [7, 11) is 0. The van der Waals surface area contributed by atoms with Crippen molar-refractivity contribution in [1.82, 2.24) is 0 Å². The minimum Gasteiger partial charge on any atom is -0.300 e. The molecule has 1 aromatic rings. The second-order valence-electron chi connectivity index (χ2n) is 4.74. The fraction of sp³-hybridized carbons (Fsp3) is 0.533. The number of ketones is 1. The molecule has 1 heteroatoms. The second kappa shape index (κ2) is 6.47. The summed E-state index contributed by atoms with van der Waals surface area (Å²) in [5.41, 5.74) is 2.54. The first kappa shape index (κ1) is 13.0. The molecule has 1 rings (SSSR count). The Bertz CT molecular complexity index is 324. The maximum Gasteiger partial charge on any atom is 0.133 e. The summed E-state index contributed by atoms with van der Waals surface area (Å²) < 4.78 is 0. The minimum atomic E-state index is 0.398. The van der Waals surface area contributed by atoms with Gasteiger partial charge in [0.25, 0.3) is 0 Å². The normalized spacial score (nSPS) is 12.4. The van der Waals surface area contributed by atoms with Crippen molar-refractivity contribution in [2.45, 2.75) is 46.5 Å². The molecule has 0 radical (unpaired) electrons. The maximum atomic E-state index is 11.7. The zero-order valence-corrected chi connectivity index (χ0v) is 10.6. The van der Waals surface area contributed by atoms with Gasteiger partial charge in [-0.3, -0.25) is 4.79 Å². The van der Waals surface area contributed by atoms with Crippen LogP contribution in [0.15, 0.2) is 24.3 Å². The predicted molar refractivity (Wildman–Crippen MR) is 68.6 cm³/mol. The van der Waals surface area contributed by atoms with Gasteiger partial charge in [0, 0.05) is 12.8 Å². The quantitative estimate of drug-likeness (QED) is 0.707. The van der Waals surface area contributed by atoms with E-state index in [0.717, 1.165) is 19.3 Å². The van der Waals surface area contributed by atoms with Crippen molar-refractivity contribution in [2.24, 2.45) is 5.92 Å². The number of hydrogen-bond donors (Lipinski definition) is 0. The van der Waals surface area contributed by atoms with Crippen LogP contribution in [0.5, 0.6) is 0 Å². The monoisotopic (exact) mass is 218 g/mol. The summed E-state index contributed by atoms with van der Waals surface area (Å²) in [5.74, 6) is 0.931. The first-order valence-corrected chi connectivity index (χ1v) is 6.19. The lowest BCUT2D eigenvalue weighted by atomic mass is 9.98. The van der Waals surface area contributed by atoms with E-state index in [-0.39, 0.29) is 0 Å². The Balaban J connectivity index is 2.34. The maximum absolute atomic E-state index is 11.7. The van der Waals surface area contributed by atoms with Gasteiger partial charge in [-0.2, -0.15) is 0 Å². The van der Waals surface area contributed by atoms with E-state index in [9.17, 15) is 4.79 Å². The van der Waals surface area contributed by atoms with Crippen molar-refractivity contribution >= 4 is 5.78 Å². The number of Topliss-reactive ketones (excluding diaryl/α,β-unsaturated/α-hetero) is 1. The Morgan fingerprint density at radius 1 is 1.25 bits per heavy atom. The van der Waals surface area contributed by atoms with Gasteiger partial charge in [-0.15, -0.1) is 0 Å². The van der Waals surface area contributed by atoms with Gasteiger partial charge in [0.1, 0.15) is 5.78 Å². The molecule has 0 amide bonds. The topological polar surface area (TPSA) is 17.1 Å². The smallest absolute Gasteiger partial charge is 0.133 e. The van der Waals surface area contributed by atoms with Crippen molar-refractivity contribution in [2.75, 3.05) is 0 Å². The Morgan fingerprint density at radius 3 is 2.44 bits per heavy atom. The standard InChI is InChI=1S/C15H22O/c1-4-12(2)11-15(16)10-9-14-7-5-13(3)6-8-14/h5-8,12H,4,9-11H2,1-3H3. The third kappa shape index (κ3) is 4.61. The van der Waals surface area contributed by atoms with Crippen LogP contribution in [-0.2, 0) is 11.2 Å². The van der Waals surface area contributed by atoms with Crippen LogP contribution >= 0.6 is 0 Å². The molecule has 0 bridgehead atoms. The summed E-state index contributed by atoms with van der Waals surface area (Å²) in [6, 6.07) is 8.45. The molecule has 1 aromatic carbocycles. The zero-order valence-electron chi connectivity index (χ0n) is 10.6. The molecule has 0 aliphatic carbocycles. The molecule has 0 spiro atoms. The van der Waals surface area contributed by atoms with Crippen LogP contribution in [0.2, 0.25) is 0 Å². The zero-order chi connectivity index (χ0) is 12.0. The van der Waals surface area contributed by atoms with Crippen LogP contribution in [0.1, 0.15) is 44.2 Å². The molecular weight excluding hydrogens is 196 g/mol. The lowest BCUT2D eigenvalue weighted by Gasteiger charge is -2.07. The number of carbonyl (C=O) groups is 1. The number of aryl methyl sites for hydroxylation is 2. The van der Waals surface area contributed by atoms with Gasteiger partial charge in [0.05, 0.1) is 0 Å². The van der Waals surface area contributed by atoms with E-state index in [1.54, 1.807) is 0 Å². The van der Waals surface area contributed by atoms with E-state index in [4.69, 9.17) is 0 Å². The van der Waals surface area contributed by atoms with Gasteiger partial charge in [-0.05, 0) is 24.8 Å². The average molecular weight is 218 g/mol. The van der Waals surface area contributed by atoms with Crippen LogP contribution in [-0.4, -0.2) is 5.78 Å². The van der Waals surface area contributed by atoms with E-state index in [2.05, 4.69) is 45.0 Å². The van der Waals surface area contributed by atoms with E-state index in [0.29, 0.717) is 18.1 Å². The molecule has 0 aromatic heterocycles. The lowest BCUT2D eigenvalue weighted by Crippen LogP contribution is -2.05. The van der Waals surface area contributed by atoms with Crippen molar-refractivity contribution in [3.8, 4) is 0 Å². The molecular formula is C15H22O. The van der Waals surface area contributed by atoms with E-state index >= 15 is 0 Å². The highest BCUT2D eigenvalue weighted by Gasteiger charge is 2.07. The number of benzene rings is 1. The molecule has 1 nitrogen and oxygen atoms in total. The second-order valence-corrected chi connectivity index (χ2v) is 4.74. The first-order chi connectivity index (χ1) is 7.61. The first-order valence-electron chi connectivity index (χ1n) is 6.19. The molecule has 16 heavy (non-hydrogen) atoms. The lowest BCUT2D eigenvalue weighted by molar-refractivity contribution is -0.119. The number of carbonyl (C=O) groups excluding carboxylic acids is 1. The van der Waals surface area contributed by atoms with E-state index < -0.39 is 0 Å². The highest BCUT2D eigenvalue weighted by molar-refractivity contribution is 5.78. The SMILES string of the molecule is CCC(C)CC(=O)CCc1ccc(C)cc1. The molecule has 0 N–H and O–H groups in total. The molecule has 0 aliphatic rings. The summed E-state index contributed by atoms with van der Waals surface area (Å²) in [4.78, 5) is 11.7. The fourth-order valence-electron chi connectivity index (χ4n) is 1.67. The van der Waals surface area contributed by atoms with Crippen molar-refractivity contribution in [3.05, 3.63) is 35.4 Å². The van der Waals surface area contributed by atoms with Crippen molar-refractivity contribution in [1.29, 1.82) is 0 Å². The van der Waals surface area contributed by atoms with Gasteiger partial charge < -0.3 is 0 Å². The highest BCUT2D eigenvalue weighted by atomic mass is 16.1. The van der Waals surface area contributed by atoms with E-state index in [1.807, 2.05) is 0 Å². The van der Waals surface area contributed by atoms with Crippen molar-refractivity contribution < 1.29 is 4.79 Å². The van der Waals surface area contributed by atoms with Gasteiger partial charge in [0.2, 0.25) is 0 Å². The molecule has 1 unspecified atom stereocenters. The van der Waals surface area contributed by atoms with Gasteiger partial charge >= 0.3 is 0 Å². The van der Waals surface area contributed by atoms with Crippen LogP contribution in [0.3, 0.4) is 0 Å². The third-order valence-electron chi connectivity index (χ3n) is 3.09. The Morgan fingerprint density at radius 2 is 1.88 bits per heavy atom. The minimum absolute atomic E-state index is 0.398. The summed E-state index contributed by atoms with van der Waals surface area (Å²) in [5, 5.41) is 0. The Kier molecular flexibility index (Phi) is 5.24. The number of hydrogen-bond acceptors (Lipinski definition) is 1. The summed E-state index contributed by atoms with van der Waals surface area (Å²) in [6.07, 6.45) is 3.40. The molecule has 0 fully saturated rings. The molecule has 0 saturated heterocycles. The Hall–Kier alpha value is -1.11. The summed E-state index contributed by atoms with van der Waals surface area (Å²) in [6.45, 7) is 6.36. The van der Waals surface area contributed by atoms with Crippen LogP contribution in [0, 0.1) is 12.8 Å². The molecule has 1 atom stereocenters. The average Bonchev–Trinajstić information content (AvgIpc) is 2.28. The fourth-order valence-corrected chi connectivity index (χ4v) is 1.67. The highest BCUT2D eigenvalue weighted by Crippen LogP contribution is 2.11. The molecule has 0 aliphatic heterocycles. The van der Waals surface area contributed by atoms with Crippen LogP contribution < -0.4 is 0 Å². The van der Waals surface area contributed by atoms with E-state index in [1.165, 1.54) is 11.1 Å². The molecule has 88 valence electrons. The Labute approximate surface area is 98.9 Å². The summed E-state index contributed by atoms with van der Waals surface area (Å²) >= 11 is 0. The van der Waals surface area contributed by atoms with Crippen LogP contribution in [0.25, 0.3) is 0 Å². The van der Waals surface area contributed by atoms with Crippen molar-refractivity contribution in [3.63, 3.8) is 0 Å². The van der Waals surface area contributed by atoms with Gasteiger partial charge in [-0.1, -0.05) is 50.1 Å². The number of rotatable bonds is 6. The molecule has 0 saturated carbocycles. The van der Waals surface area contributed by atoms with Gasteiger partial charge in [-0.25, -0.2) is 0 Å².